The highest BCUT2D eigenvalue weighted by atomic mass is 32.2. The Hall–Kier alpha value is -4.64. The summed E-state index contributed by atoms with van der Waals surface area (Å²) in [5.74, 6) is 0.579. The molecular formula is C33H28N2O6S2. The minimum atomic E-state index is -2.93. The van der Waals surface area contributed by atoms with Crippen molar-refractivity contribution in [1.29, 1.82) is 0 Å². The molecule has 4 aromatic carbocycles. The molecule has 2 amide bonds. The molecule has 1 heterocycles. The molecule has 0 aromatic heterocycles. The molecule has 0 saturated carbocycles. The predicted octanol–water partition coefficient (Wildman–Crippen LogP) is 6.59. The number of hydrogen-bond donors (Lipinski definition) is 1. The Morgan fingerprint density at radius 1 is 0.837 bits per heavy atom. The van der Waals surface area contributed by atoms with E-state index in [1.54, 1.807) is 24.3 Å². The number of nitrogens with zero attached hydrogens (tertiary/aromatic N) is 1. The number of rotatable bonds is 7. The van der Waals surface area contributed by atoms with Gasteiger partial charge in [0, 0.05) is 11.6 Å². The van der Waals surface area contributed by atoms with Gasteiger partial charge in [0.2, 0.25) is 0 Å². The van der Waals surface area contributed by atoms with Gasteiger partial charge in [0.25, 0.3) is 11.8 Å². The van der Waals surface area contributed by atoms with Crippen molar-refractivity contribution in [1.82, 2.24) is 5.32 Å². The van der Waals surface area contributed by atoms with E-state index in [2.05, 4.69) is 26.1 Å². The Morgan fingerprint density at radius 2 is 1.44 bits per heavy atom. The number of carbonyl (C=O) groups is 2. The maximum Gasteiger partial charge on any atom is 0.270 e. The number of anilines is 1. The Bertz CT molecular complexity index is 1750. The van der Waals surface area contributed by atoms with Crippen LogP contribution in [0.4, 0.5) is 5.69 Å². The van der Waals surface area contributed by atoms with Crippen LogP contribution in [0.15, 0.2) is 108 Å². The lowest BCUT2D eigenvalue weighted by Crippen LogP contribution is -2.54. The zero-order valence-corrected chi connectivity index (χ0v) is 25.3. The van der Waals surface area contributed by atoms with Crippen molar-refractivity contribution < 1.29 is 27.8 Å². The number of thiol groups is 1. The minimum absolute atomic E-state index is 0.00216. The molecule has 0 bridgehead atoms. The summed E-state index contributed by atoms with van der Waals surface area (Å²) in [5.41, 5.74) is 1.46. The number of nitrogens with one attached hydrogen (secondary N) is 1. The van der Waals surface area contributed by atoms with E-state index in [0.717, 1.165) is 5.56 Å². The maximum absolute atomic E-state index is 13.7. The minimum Gasteiger partial charge on any atom is -0.612 e. The van der Waals surface area contributed by atoms with Crippen LogP contribution in [0.3, 0.4) is 0 Å². The van der Waals surface area contributed by atoms with Gasteiger partial charge in [-0.2, -0.15) is 0 Å². The molecule has 8 nitrogen and oxygen atoms in total. The van der Waals surface area contributed by atoms with E-state index in [1.807, 2.05) is 54.6 Å². The molecule has 218 valence electrons. The number of ether oxygens (including phenoxy) is 2. The molecule has 4 aromatic rings. The van der Waals surface area contributed by atoms with Crippen LogP contribution in [0, 0.1) is 0 Å². The topological polar surface area (TPSA) is 108 Å². The molecular weight excluding hydrogens is 585 g/mol. The van der Waals surface area contributed by atoms with Gasteiger partial charge in [-0.25, -0.2) is 0 Å². The monoisotopic (exact) mass is 612 g/mol. The summed E-state index contributed by atoms with van der Waals surface area (Å²) in [6.07, 6.45) is 1.31. The van der Waals surface area contributed by atoms with E-state index in [-0.39, 0.29) is 32.3 Å². The van der Waals surface area contributed by atoms with Gasteiger partial charge in [0.05, 0.1) is 16.8 Å². The number of para-hydroxylation sites is 1. The fourth-order valence-electron chi connectivity index (χ4n) is 4.34. The standard InChI is InChI=1S/C33H28N2O6S2/c1-33(2,3)22-9-13-26(14-10-22)41-29-18-17-27(43(38)39)19-21(29)20-28-30(36)34-32(42)35(31(28)37)23-11-15-25(16-12-23)40-24-7-5-4-6-8-24/h4-20,43H,1-3H3,(H-,34,36,38,39,42). The van der Waals surface area contributed by atoms with Crippen LogP contribution in [-0.4, -0.2) is 21.5 Å². The van der Waals surface area contributed by atoms with E-state index in [0.29, 0.717) is 22.9 Å². The van der Waals surface area contributed by atoms with Crippen LogP contribution in [0.1, 0.15) is 31.9 Å². The first-order valence-corrected chi connectivity index (χ1v) is 14.9. The van der Waals surface area contributed by atoms with Crippen molar-refractivity contribution in [2.75, 3.05) is 4.90 Å². The maximum atomic E-state index is 13.7. The van der Waals surface area contributed by atoms with Gasteiger partial charge < -0.3 is 14.0 Å². The van der Waals surface area contributed by atoms with E-state index >= 15 is 0 Å². The molecule has 1 atom stereocenters. The van der Waals surface area contributed by atoms with Crippen molar-refractivity contribution in [3.8, 4) is 23.0 Å². The fourth-order valence-corrected chi connectivity index (χ4v) is 5.06. The summed E-state index contributed by atoms with van der Waals surface area (Å²) in [6.45, 7) is 6.30. The zero-order valence-electron chi connectivity index (χ0n) is 23.6. The van der Waals surface area contributed by atoms with Gasteiger partial charge in [0.15, 0.2) is 10.0 Å². The molecule has 0 spiro atoms. The van der Waals surface area contributed by atoms with E-state index in [9.17, 15) is 18.4 Å². The van der Waals surface area contributed by atoms with Crippen LogP contribution >= 0.6 is 12.2 Å². The highest BCUT2D eigenvalue weighted by molar-refractivity contribution is 7.80. The molecule has 1 aliphatic rings. The third-order valence-corrected chi connectivity index (χ3v) is 7.61. The molecule has 43 heavy (non-hydrogen) atoms. The Morgan fingerprint density at radius 3 is 2.07 bits per heavy atom. The van der Waals surface area contributed by atoms with Crippen LogP contribution in [0.5, 0.6) is 23.0 Å². The SMILES string of the molecule is CC(C)(C)c1ccc(Oc2ccc([SH+](=O)[O-])cc2C=C2C(=O)NC(=S)N(c3ccc(Oc4ccccc4)cc3)C2=O)cc1. The average molecular weight is 613 g/mol. The van der Waals surface area contributed by atoms with E-state index < -0.39 is 22.9 Å². The van der Waals surface area contributed by atoms with Crippen molar-refractivity contribution >= 4 is 52.0 Å². The highest BCUT2D eigenvalue weighted by Crippen LogP contribution is 2.33. The van der Waals surface area contributed by atoms with Gasteiger partial charge >= 0.3 is 0 Å². The Balaban J connectivity index is 1.46. The summed E-state index contributed by atoms with van der Waals surface area (Å²) in [6, 6.07) is 27.7. The number of carbonyl (C=O) groups excluding carboxylic acids is 2. The average Bonchev–Trinajstić information content (AvgIpc) is 2.97. The van der Waals surface area contributed by atoms with Gasteiger partial charge in [-0.3, -0.25) is 19.8 Å². The first-order valence-electron chi connectivity index (χ1n) is 13.3. The molecule has 1 unspecified atom stereocenters. The summed E-state index contributed by atoms with van der Waals surface area (Å²) in [4.78, 5) is 27.8. The molecule has 0 aliphatic carbocycles. The predicted molar refractivity (Wildman–Crippen MR) is 169 cm³/mol. The molecule has 1 saturated heterocycles. The van der Waals surface area contributed by atoms with Crippen LogP contribution < -0.4 is 19.7 Å². The second-order valence-corrected chi connectivity index (χ2v) is 12.1. The first kappa shape index (κ1) is 29.8. The normalized spacial score (nSPS) is 15.3. The summed E-state index contributed by atoms with van der Waals surface area (Å²) in [7, 11) is 0. The lowest BCUT2D eigenvalue weighted by Gasteiger charge is -2.29. The van der Waals surface area contributed by atoms with Gasteiger partial charge in [-0.1, -0.05) is 51.1 Å². The second-order valence-electron chi connectivity index (χ2n) is 10.7. The molecule has 1 N–H and O–H groups in total. The van der Waals surface area contributed by atoms with Gasteiger partial charge in [0.1, 0.15) is 28.6 Å². The lowest BCUT2D eigenvalue weighted by molar-refractivity contribution is -0.122. The Labute approximate surface area is 257 Å². The first-order chi connectivity index (χ1) is 20.5. The van der Waals surface area contributed by atoms with E-state index in [4.69, 9.17) is 21.7 Å². The van der Waals surface area contributed by atoms with Crippen molar-refractivity contribution in [3.63, 3.8) is 0 Å². The zero-order chi connectivity index (χ0) is 30.7. The van der Waals surface area contributed by atoms with Crippen LogP contribution in [0.25, 0.3) is 6.08 Å². The number of hydrogen-bond acceptors (Lipinski definition) is 7. The molecule has 1 fully saturated rings. The third-order valence-electron chi connectivity index (χ3n) is 6.63. The van der Waals surface area contributed by atoms with Crippen molar-refractivity contribution in [2.24, 2.45) is 0 Å². The largest absolute Gasteiger partial charge is 0.612 e. The smallest absolute Gasteiger partial charge is 0.270 e. The quantitative estimate of drug-likeness (QED) is 0.0825. The fraction of sp³-hybridized carbons (Fsp3) is 0.121. The molecule has 5 rings (SSSR count). The number of benzene rings is 4. The number of thiocarbonyl (C=S) groups is 1. The highest BCUT2D eigenvalue weighted by Gasteiger charge is 2.35. The van der Waals surface area contributed by atoms with E-state index in [1.165, 1.54) is 29.2 Å². The van der Waals surface area contributed by atoms with Crippen molar-refractivity contribution in [2.45, 2.75) is 31.1 Å². The van der Waals surface area contributed by atoms with Crippen LogP contribution in [-0.2, 0) is 30.3 Å². The molecule has 10 heteroatoms. The summed E-state index contributed by atoms with van der Waals surface area (Å²) < 4.78 is 35.5. The summed E-state index contributed by atoms with van der Waals surface area (Å²) >= 11 is 2.40. The second kappa shape index (κ2) is 12.3. The Kier molecular flexibility index (Phi) is 8.54. The third kappa shape index (κ3) is 6.89. The van der Waals surface area contributed by atoms with Gasteiger partial charge in [-0.05, 0) is 89.9 Å². The molecule has 0 radical (unpaired) electrons. The van der Waals surface area contributed by atoms with Gasteiger partial charge in [-0.15, -0.1) is 4.21 Å². The summed E-state index contributed by atoms with van der Waals surface area (Å²) in [5, 5.41) is 2.46. The molecule has 1 aliphatic heterocycles. The van der Waals surface area contributed by atoms with Crippen molar-refractivity contribution in [3.05, 3.63) is 114 Å². The van der Waals surface area contributed by atoms with Crippen LogP contribution in [0.2, 0.25) is 0 Å². The number of amides is 2. The lowest BCUT2D eigenvalue weighted by atomic mass is 9.87.